The van der Waals surface area contributed by atoms with Crippen LogP contribution in [0.25, 0.3) is 0 Å². The lowest BCUT2D eigenvalue weighted by molar-refractivity contribution is 0.175. The first-order chi connectivity index (χ1) is 6.22. The van der Waals surface area contributed by atoms with Gasteiger partial charge in [0.25, 0.3) is 0 Å². The van der Waals surface area contributed by atoms with Gasteiger partial charge in [-0.05, 0) is 17.9 Å². The first kappa shape index (κ1) is 18.2. The molecule has 0 aliphatic heterocycles. The smallest absolute Gasteiger partial charge is 0.0286 e. The summed E-state index contributed by atoms with van der Waals surface area (Å²) in [5, 5.41) is 0. The molecule has 0 saturated carbocycles. The highest BCUT2D eigenvalue weighted by Gasteiger charge is 2.23. The van der Waals surface area contributed by atoms with Crippen molar-refractivity contribution in [1.29, 1.82) is 0 Å². The number of alkyl halides is 2. The van der Waals surface area contributed by atoms with E-state index in [0.29, 0.717) is 11.8 Å². The van der Waals surface area contributed by atoms with Gasteiger partial charge in [0.1, 0.15) is 0 Å². The van der Waals surface area contributed by atoms with E-state index in [1.807, 2.05) is 0 Å². The average Bonchev–Trinajstić information content (AvgIpc) is 2.02. The van der Waals surface area contributed by atoms with Gasteiger partial charge in [0.15, 0.2) is 0 Å². The fourth-order valence-corrected chi connectivity index (χ4v) is 1.77. The van der Waals surface area contributed by atoms with E-state index in [9.17, 15) is 0 Å². The Morgan fingerprint density at radius 2 is 1.13 bits per heavy atom. The molecular formula is C11H24Cl3N. The van der Waals surface area contributed by atoms with Gasteiger partial charge >= 0.3 is 0 Å². The topological polar surface area (TPSA) is 3.24 Å². The van der Waals surface area contributed by atoms with Crippen LogP contribution in [0.3, 0.4) is 0 Å². The lowest BCUT2D eigenvalue weighted by Gasteiger charge is -2.33. The molecule has 0 spiro atoms. The summed E-state index contributed by atoms with van der Waals surface area (Å²) in [6.07, 6.45) is 0. The Kier molecular flexibility index (Phi) is 8.75. The van der Waals surface area contributed by atoms with Crippen molar-refractivity contribution in [2.45, 2.75) is 27.7 Å². The molecule has 94 valence electrons. The molecule has 4 heteroatoms. The van der Waals surface area contributed by atoms with E-state index in [4.69, 9.17) is 23.2 Å². The zero-order valence-electron chi connectivity index (χ0n) is 10.4. The molecule has 0 bridgehead atoms. The highest BCUT2D eigenvalue weighted by molar-refractivity contribution is 6.18. The number of nitrogens with zero attached hydrogens (tertiary/aromatic N) is 1. The Labute approximate surface area is 111 Å². The van der Waals surface area contributed by atoms with Crippen LogP contribution in [0.4, 0.5) is 0 Å². The fourth-order valence-electron chi connectivity index (χ4n) is 1.60. The normalized spacial score (nSPS) is 12.8. The van der Waals surface area contributed by atoms with Crippen molar-refractivity contribution >= 4 is 35.6 Å². The van der Waals surface area contributed by atoms with Crippen LogP contribution in [0.2, 0.25) is 0 Å². The minimum absolute atomic E-state index is 0. The summed E-state index contributed by atoms with van der Waals surface area (Å²) in [6.45, 7) is 10.8. The summed E-state index contributed by atoms with van der Waals surface area (Å²) in [4.78, 5) is 2.31. The quantitative estimate of drug-likeness (QED) is 0.666. The molecule has 0 atom stereocenters. The molecule has 0 aliphatic rings. The molecule has 0 radical (unpaired) electrons. The summed E-state index contributed by atoms with van der Waals surface area (Å²) in [5.41, 5.74) is 0.359. The van der Waals surface area contributed by atoms with E-state index in [2.05, 4.69) is 39.6 Å². The van der Waals surface area contributed by atoms with E-state index in [1.165, 1.54) is 0 Å². The van der Waals surface area contributed by atoms with Gasteiger partial charge in [0.2, 0.25) is 0 Å². The molecule has 0 N–H and O–H groups in total. The predicted molar refractivity (Wildman–Crippen MR) is 73.7 cm³/mol. The molecule has 15 heavy (non-hydrogen) atoms. The Morgan fingerprint density at radius 1 is 0.867 bits per heavy atom. The van der Waals surface area contributed by atoms with Crippen molar-refractivity contribution in [1.82, 2.24) is 4.90 Å². The zero-order valence-corrected chi connectivity index (χ0v) is 12.8. The van der Waals surface area contributed by atoms with Crippen LogP contribution in [-0.4, -0.2) is 36.8 Å². The highest BCUT2D eigenvalue weighted by atomic mass is 35.5. The maximum Gasteiger partial charge on any atom is 0.0286 e. The zero-order chi connectivity index (χ0) is 11.4. The minimum Gasteiger partial charge on any atom is -0.305 e. The number of halogens is 3. The molecule has 0 aromatic heterocycles. The summed E-state index contributed by atoms with van der Waals surface area (Å²) >= 11 is 11.8. The van der Waals surface area contributed by atoms with E-state index in [-0.39, 0.29) is 23.2 Å². The van der Waals surface area contributed by atoms with Gasteiger partial charge in [-0.3, -0.25) is 0 Å². The lowest BCUT2D eigenvalue weighted by Crippen LogP contribution is -2.39. The molecular weight excluding hydrogens is 252 g/mol. The van der Waals surface area contributed by atoms with Crippen molar-refractivity contribution in [3.63, 3.8) is 0 Å². The van der Waals surface area contributed by atoms with E-state index in [0.717, 1.165) is 13.1 Å². The monoisotopic (exact) mass is 275 g/mol. The molecule has 1 nitrogen and oxygen atoms in total. The summed E-state index contributed by atoms with van der Waals surface area (Å²) < 4.78 is 0. The van der Waals surface area contributed by atoms with Crippen LogP contribution in [0.5, 0.6) is 0 Å². The Hall–Kier alpha value is 0.830. The van der Waals surface area contributed by atoms with Crippen molar-refractivity contribution in [3.8, 4) is 0 Å². The molecule has 0 aliphatic carbocycles. The third-order valence-corrected chi connectivity index (χ3v) is 3.57. The second kappa shape index (κ2) is 7.21. The van der Waals surface area contributed by atoms with Gasteiger partial charge in [-0.2, -0.15) is 0 Å². The SMILES string of the molecule is CN(CC(C)(C)CCl)CC(C)(C)CCl.Cl. The fraction of sp³-hybridized carbons (Fsp3) is 1.00. The summed E-state index contributed by atoms with van der Waals surface area (Å²) in [6, 6.07) is 0. The minimum atomic E-state index is 0. The van der Waals surface area contributed by atoms with Gasteiger partial charge in [-0.1, -0.05) is 27.7 Å². The number of rotatable bonds is 6. The largest absolute Gasteiger partial charge is 0.305 e. The van der Waals surface area contributed by atoms with Gasteiger partial charge in [-0.25, -0.2) is 0 Å². The van der Waals surface area contributed by atoms with Crippen molar-refractivity contribution < 1.29 is 0 Å². The maximum atomic E-state index is 5.89. The third kappa shape index (κ3) is 8.62. The van der Waals surface area contributed by atoms with Crippen LogP contribution in [0.1, 0.15) is 27.7 Å². The highest BCUT2D eigenvalue weighted by Crippen LogP contribution is 2.22. The third-order valence-electron chi connectivity index (χ3n) is 2.12. The van der Waals surface area contributed by atoms with Crippen LogP contribution >= 0.6 is 35.6 Å². The molecule has 0 unspecified atom stereocenters. The van der Waals surface area contributed by atoms with Gasteiger partial charge in [0, 0.05) is 24.8 Å². The van der Waals surface area contributed by atoms with Crippen LogP contribution < -0.4 is 0 Å². The van der Waals surface area contributed by atoms with Crippen molar-refractivity contribution in [2.24, 2.45) is 10.8 Å². The number of hydrogen-bond acceptors (Lipinski definition) is 1. The average molecular weight is 277 g/mol. The summed E-state index contributed by atoms with van der Waals surface area (Å²) in [7, 11) is 2.13. The summed E-state index contributed by atoms with van der Waals surface area (Å²) in [5.74, 6) is 1.39. The van der Waals surface area contributed by atoms with Crippen LogP contribution in [0, 0.1) is 10.8 Å². The molecule has 0 amide bonds. The first-order valence-electron chi connectivity index (χ1n) is 5.03. The number of hydrogen-bond donors (Lipinski definition) is 0. The molecule has 0 fully saturated rings. The van der Waals surface area contributed by atoms with Crippen molar-refractivity contribution in [2.75, 3.05) is 31.9 Å². The molecule has 0 rings (SSSR count). The second-order valence-electron chi connectivity index (χ2n) is 5.77. The van der Waals surface area contributed by atoms with Gasteiger partial charge in [-0.15, -0.1) is 35.6 Å². The first-order valence-corrected chi connectivity index (χ1v) is 6.10. The standard InChI is InChI=1S/C11H23Cl2N.ClH/c1-10(2,6-12)8-14(5)9-11(3,4)7-13;/h6-9H2,1-5H3;1H. The second-order valence-corrected chi connectivity index (χ2v) is 6.30. The maximum absolute atomic E-state index is 5.89. The van der Waals surface area contributed by atoms with E-state index >= 15 is 0 Å². The Morgan fingerprint density at radius 3 is 1.33 bits per heavy atom. The van der Waals surface area contributed by atoms with Crippen LogP contribution in [0.15, 0.2) is 0 Å². The molecule has 0 aromatic rings. The van der Waals surface area contributed by atoms with Crippen LogP contribution in [-0.2, 0) is 0 Å². The molecule has 0 saturated heterocycles. The Bertz CT molecular complexity index is 151. The van der Waals surface area contributed by atoms with Gasteiger partial charge in [0.05, 0.1) is 0 Å². The predicted octanol–water partition coefficient (Wildman–Crippen LogP) is 3.87. The Balaban J connectivity index is 0. The molecule has 0 aromatic carbocycles. The van der Waals surface area contributed by atoms with Gasteiger partial charge < -0.3 is 4.90 Å². The molecule has 0 heterocycles. The van der Waals surface area contributed by atoms with Crippen molar-refractivity contribution in [3.05, 3.63) is 0 Å². The van der Waals surface area contributed by atoms with E-state index < -0.39 is 0 Å². The van der Waals surface area contributed by atoms with E-state index in [1.54, 1.807) is 0 Å². The lowest BCUT2D eigenvalue weighted by atomic mass is 9.92.